The highest BCUT2D eigenvalue weighted by Gasteiger charge is 2.18. The molecule has 1 aromatic carbocycles. The Hall–Kier alpha value is -0.290. The van der Waals surface area contributed by atoms with Crippen molar-refractivity contribution in [3.05, 3.63) is 27.3 Å². The molecular weight excluding hydrogens is 313 g/mol. The second-order valence-electron chi connectivity index (χ2n) is 4.47. The number of rotatable bonds is 2. The Morgan fingerprint density at radius 1 is 1.31 bits per heavy atom. The van der Waals surface area contributed by atoms with Crippen LogP contribution in [-0.4, -0.2) is 32.1 Å². The molecule has 0 saturated carbocycles. The first-order valence-electron chi connectivity index (χ1n) is 5.72. The zero-order valence-electron chi connectivity index (χ0n) is 9.87. The van der Waals surface area contributed by atoms with E-state index in [1.54, 1.807) is 7.11 Å². The number of hydrogen-bond acceptors (Lipinski definition) is 2. The van der Waals surface area contributed by atoms with Gasteiger partial charge in [0.1, 0.15) is 5.75 Å². The summed E-state index contributed by atoms with van der Waals surface area (Å²) < 4.78 is 6.51. The minimum atomic E-state index is 0.732. The molecular formula is C13H18INO. The third-order valence-electron chi connectivity index (χ3n) is 3.37. The van der Waals surface area contributed by atoms with Gasteiger partial charge in [0.2, 0.25) is 0 Å². The van der Waals surface area contributed by atoms with Crippen molar-refractivity contribution in [3.8, 4) is 5.75 Å². The lowest BCUT2D eigenvalue weighted by molar-refractivity contribution is 0.255. The number of ether oxygens (including phenoxy) is 1. The van der Waals surface area contributed by atoms with Crippen molar-refractivity contribution in [1.29, 1.82) is 0 Å². The van der Waals surface area contributed by atoms with Crippen LogP contribution in [0, 0.1) is 3.57 Å². The van der Waals surface area contributed by atoms with Gasteiger partial charge in [-0.1, -0.05) is 6.07 Å². The summed E-state index contributed by atoms with van der Waals surface area (Å²) in [5, 5.41) is 0. The first kappa shape index (κ1) is 12.2. The number of piperidine rings is 1. The average molecular weight is 331 g/mol. The second-order valence-corrected chi connectivity index (χ2v) is 5.63. The summed E-state index contributed by atoms with van der Waals surface area (Å²) in [7, 11) is 3.93. The van der Waals surface area contributed by atoms with E-state index in [2.05, 4.69) is 52.7 Å². The van der Waals surface area contributed by atoms with Gasteiger partial charge in [0, 0.05) is 0 Å². The topological polar surface area (TPSA) is 12.5 Å². The van der Waals surface area contributed by atoms with Crippen molar-refractivity contribution in [2.45, 2.75) is 18.8 Å². The summed E-state index contributed by atoms with van der Waals surface area (Å²) in [6.45, 7) is 2.43. The fourth-order valence-electron chi connectivity index (χ4n) is 2.28. The number of hydrogen-bond donors (Lipinski definition) is 0. The van der Waals surface area contributed by atoms with Crippen LogP contribution in [0.4, 0.5) is 0 Å². The third kappa shape index (κ3) is 2.69. The molecule has 1 fully saturated rings. The van der Waals surface area contributed by atoms with Crippen LogP contribution in [0.3, 0.4) is 0 Å². The minimum Gasteiger partial charge on any atom is -0.496 e. The molecule has 0 aliphatic carbocycles. The summed E-state index contributed by atoms with van der Waals surface area (Å²) in [6, 6.07) is 6.59. The third-order valence-corrected chi connectivity index (χ3v) is 4.21. The Bertz CT molecular complexity index is 359. The molecule has 16 heavy (non-hydrogen) atoms. The molecule has 0 aromatic heterocycles. The van der Waals surface area contributed by atoms with Gasteiger partial charge in [0.05, 0.1) is 10.7 Å². The molecule has 2 nitrogen and oxygen atoms in total. The smallest absolute Gasteiger partial charge is 0.132 e. The highest BCUT2D eigenvalue weighted by Crippen LogP contribution is 2.31. The van der Waals surface area contributed by atoms with Crippen molar-refractivity contribution in [1.82, 2.24) is 4.90 Å². The molecule has 0 atom stereocenters. The summed E-state index contributed by atoms with van der Waals surface area (Å²) in [6.07, 6.45) is 2.55. The lowest BCUT2D eigenvalue weighted by Gasteiger charge is -2.29. The maximum Gasteiger partial charge on any atom is 0.132 e. The van der Waals surface area contributed by atoms with Gasteiger partial charge in [0.25, 0.3) is 0 Å². The molecule has 0 bridgehead atoms. The summed E-state index contributed by atoms with van der Waals surface area (Å²) in [4.78, 5) is 2.41. The van der Waals surface area contributed by atoms with E-state index in [0.717, 1.165) is 11.7 Å². The Kier molecular flexibility index (Phi) is 4.08. The maximum absolute atomic E-state index is 5.29. The first-order valence-corrected chi connectivity index (χ1v) is 6.80. The van der Waals surface area contributed by atoms with Crippen molar-refractivity contribution in [3.63, 3.8) is 0 Å². The standard InChI is InChI=1S/C13H18INO/c1-15-7-5-10(6-8-15)11-3-4-13(16-2)12(14)9-11/h3-4,9-10H,5-8H2,1-2H3. The number of nitrogens with zero attached hydrogens (tertiary/aromatic N) is 1. The van der Waals surface area contributed by atoms with Crippen LogP contribution < -0.4 is 4.74 Å². The van der Waals surface area contributed by atoms with Crippen LogP contribution in [0.15, 0.2) is 18.2 Å². The fourth-order valence-corrected chi connectivity index (χ4v) is 3.04. The van der Waals surface area contributed by atoms with E-state index in [9.17, 15) is 0 Å². The molecule has 2 rings (SSSR count). The SMILES string of the molecule is COc1ccc(C2CCN(C)CC2)cc1I. The highest BCUT2D eigenvalue weighted by atomic mass is 127. The van der Waals surface area contributed by atoms with E-state index in [1.807, 2.05) is 0 Å². The molecule has 3 heteroatoms. The van der Waals surface area contributed by atoms with Gasteiger partial charge in [-0.2, -0.15) is 0 Å². The zero-order valence-corrected chi connectivity index (χ0v) is 12.0. The van der Waals surface area contributed by atoms with E-state index < -0.39 is 0 Å². The molecule has 1 saturated heterocycles. The van der Waals surface area contributed by atoms with Crippen molar-refractivity contribution in [2.24, 2.45) is 0 Å². The Balaban J connectivity index is 2.12. The van der Waals surface area contributed by atoms with Gasteiger partial charge in [-0.15, -0.1) is 0 Å². The number of halogens is 1. The summed E-state index contributed by atoms with van der Waals surface area (Å²) >= 11 is 2.35. The minimum absolute atomic E-state index is 0.732. The van der Waals surface area contributed by atoms with Crippen LogP contribution in [0.25, 0.3) is 0 Å². The van der Waals surface area contributed by atoms with Crippen LogP contribution in [-0.2, 0) is 0 Å². The second kappa shape index (κ2) is 5.36. The van der Waals surface area contributed by atoms with E-state index in [0.29, 0.717) is 0 Å². The Labute approximate surface area is 111 Å². The molecule has 0 unspecified atom stereocenters. The van der Waals surface area contributed by atoms with Crippen molar-refractivity contribution >= 4 is 22.6 Å². The first-order chi connectivity index (χ1) is 7.70. The number of benzene rings is 1. The van der Waals surface area contributed by atoms with Crippen LogP contribution in [0.1, 0.15) is 24.3 Å². The van der Waals surface area contributed by atoms with E-state index in [4.69, 9.17) is 4.74 Å². The van der Waals surface area contributed by atoms with Gasteiger partial charge in [-0.25, -0.2) is 0 Å². The molecule has 1 aliphatic heterocycles. The molecule has 1 aromatic rings. The monoisotopic (exact) mass is 331 g/mol. The summed E-state index contributed by atoms with van der Waals surface area (Å²) in [5.41, 5.74) is 1.47. The fraction of sp³-hybridized carbons (Fsp3) is 0.538. The summed E-state index contributed by atoms with van der Waals surface area (Å²) in [5.74, 6) is 1.72. The van der Waals surface area contributed by atoms with Crippen LogP contribution in [0.2, 0.25) is 0 Å². The predicted octanol–water partition coefficient (Wildman–Crippen LogP) is 3.11. The number of methoxy groups -OCH3 is 1. The molecule has 88 valence electrons. The van der Waals surface area contributed by atoms with Gasteiger partial charge < -0.3 is 9.64 Å². The maximum atomic E-state index is 5.29. The van der Waals surface area contributed by atoms with Crippen LogP contribution >= 0.6 is 22.6 Å². The largest absolute Gasteiger partial charge is 0.496 e. The van der Waals surface area contributed by atoms with Gasteiger partial charge in [-0.3, -0.25) is 0 Å². The van der Waals surface area contributed by atoms with Crippen molar-refractivity contribution < 1.29 is 4.74 Å². The zero-order chi connectivity index (χ0) is 11.5. The molecule has 1 heterocycles. The van der Waals surface area contributed by atoms with E-state index >= 15 is 0 Å². The van der Waals surface area contributed by atoms with Gasteiger partial charge in [0.15, 0.2) is 0 Å². The van der Waals surface area contributed by atoms with E-state index in [1.165, 1.54) is 35.1 Å². The van der Waals surface area contributed by atoms with Crippen molar-refractivity contribution in [2.75, 3.05) is 27.2 Å². The lowest BCUT2D eigenvalue weighted by atomic mass is 9.90. The van der Waals surface area contributed by atoms with Gasteiger partial charge in [-0.05, 0) is 79.2 Å². The highest BCUT2D eigenvalue weighted by molar-refractivity contribution is 14.1. The molecule has 0 N–H and O–H groups in total. The van der Waals surface area contributed by atoms with Crippen LogP contribution in [0.5, 0.6) is 5.75 Å². The van der Waals surface area contributed by atoms with Gasteiger partial charge >= 0.3 is 0 Å². The average Bonchev–Trinajstić information content (AvgIpc) is 2.30. The Morgan fingerprint density at radius 2 is 2.00 bits per heavy atom. The molecule has 0 amide bonds. The molecule has 0 radical (unpaired) electrons. The molecule has 0 spiro atoms. The normalized spacial score (nSPS) is 18.7. The van der Waals surface area contributed by atoms with E-state index in [-0.39, 0.29) is 0 Å². The Morgan fingerprint density at radius 3 is 2.56 bits per heavy atom. The number of likely N-dealkylation sites (tertiary alicyclic amines) is 1. The quantitative estimate of drug-likeness (QED) is 0.772. The molecule has 1 aliphatic rings. The lowest BCUT2D eigenvalue weighted by Crippen LogP contribution is -2.29. The predicted molar refractivity (Wildman–Crippen MR) is 75.2 cm³/mol.